The molecule has 0 spiro atoms. The van der Waals surface area contributed by atoms with Gasteiger partial charge in [0.2, 0.25) is 0 Å². The summed E-state index contributed by atoms with van der Waals surface area (Å²) >= 11 is 0. The van der Waals surface area contributed by atoms with Gasteiger partial charge in [-0.1, -0.05) is 6.07 Å². The summed E-state index contributed by atoms with van der Waals surface area (Å²) in [5, 5.41) is 3.53. The van der Waals surface area contributed by atoms with Gasteiger partial charge in [0.05, 0.1) is 13.2 Å². The van der Waals surface area contributed by atoms with Crippen LogP contribution in [-0.2, 0) is 22.7 Å². The van der Waals surface area contributed by atoms with E-state index < -0.39 is 0 Å². The van der Waals surface area contributed by atoms with Gasteiger partial charge in [0, 0.05) is 25.4 Å². The predicted octanol–water partition coefficient (Wildman–Crippen LogP) is 2.56. The van der Waals surface area contributed by atoms with E-state index in [1.807, 2.05) is 0 Å². The minimum absolute atomic E-state index is 0.758. The van der Waals surface area contributed by atoms with E-state index >= 15 is 0 Å². The van der Waals surface area contributed by atoms with Crippen molar-refractivity contribution in [1.29, 1.82) is 0 Å². The van der Waals surface area contributed by atoms with E-state index in [1.165, 1.54) is 29.7 Å². The van der Waals surface area contributed by atoms with Crippen LogP contribution < -0.4 is 5.32 Å². The molecule has 92 valence electrons. The highest BCUT2D eigenvalue weighted by atomic mass is 16.5. The molecule has 2 aliphatic rings. The number of rotatable bonds is 3. The van der Waals surface area contributed by atoms with Gasteiger partial charge in [0.1, 0.15) is 0 Å². The molecule has 2 aliphatic heterocycles. The first-order valence-electron chi connectivity index (χ1n) is 6.43. The largest absolute Gasteiger partial charge is 0.385 e. The van der Waals surface area contributed by atoms with Crippen LogP contribution in [0.3, 0.4) is 0 Å². The second-order valence-corrected chi connectivity index (χ2v) is 4.91. The third kappa shape index (κ3) is 2.61. The maximum Gasteiger partial charge on any atom is 0.0725 e. The second-order valence-electron chi connectivity index (χ2n) is 4.91. The summed E-state index contributed by atoms with van der Waals surface area (Å²) in [4.78, 5) is 0. The SMILES string of the molecule is c1cc2c(cc1NCC1CCOCC1)COC2. The molecule has 1 N–H and O–H groups in total. The number of hydrogen-bond acceptors (Lipinski definition) is 3. The van der Waals surface area contributed by atoms with Crippen LogP contribution in [0.25, 0.3) is 0 Å². The minimum Gasteiger partial charge on any atom is -0.385 e. The maximum absolute atomic E-state index is 5.42. The lowest BCUT2D eigenvalue weighted by molar-refractivity contribution is 0.0699. The number of ether oxygens (including phenoxy) is 2. The molecule has 1 aromatic rings. The summed E-state index contributed by atoms with van der Waals surface area (Å²) in [5.74, 6) is 0.758. The van der Waals surface area contributed by atoms with Crippen molar-refractivity contribution in [3.8, 4) is 0 Å². The zero-order valence-corrected chi connectivity index (χ0v) is 10.1. The molecule has 1 aromatic carbocycles. The van der Waals surface area contributed by atoms with E-state index in [9.17, 15) is 0 Å². The van der Waals surface area contributed by atoms with Crippen molar-refractivity contribution in [2.24, 2.45) is 5.92 Å². The normalized spacial score (nSPS) is 20.2. The van der Waals surface area contributed by atoms with Gasteiger partial charge in [0.25, 0.3) is 0 Å². The van der Waals surface area contributed by atoms with Crippen LogP contribution in [0.15, 0.2) is 18.2 Å². The first kappa shape index (κ1) is 11.1. The van der Waals surface area contributed by atoms with Crippen LogP contribution in [0.5, 0.6) is 0 Å². The third-order valence-corrected chi connectivity index (χ3v) is 3.66. The molecule has 0 aliphatic carbocycles. The molecule has 0 atom stereocenters. The Bertz CT molecular complexity index is 386. The highest BCUT2D eigenvalue weighted by molar-refractivity contribution is 5.49. The fourth-order valence-corrected chi connectivity index (χ4v) is 2.49. The van der Waals surface area contributed by atoms with Crippen LogP contribution in [0.4, 0.5) is 5.69 Å². The van der Waals surface area contributed by atoms with Crippen molar-refractivity contribution in [2.45, 2.75) is 26.1 Å². The topological polar surface area (TPSA) is 30.5 Å². The van der Waals surface area contributed by atoms with Crippen molar-refractivity contribution >= 4 is 5.69 Å². The van der Waals surface area contributed by atoms with Gasteiger partial charge in [0.15, 0.2) is 0 Å². The summed E-state index contributed by atoms with van der Waals surface area (Å²) in [7, 11) is 0. The molecule has 0 radical (unpaired) electrons. The summed E-state index contributed by atoms with van der Waals surface area (Å²) in [6, 6.07) is 6.56. The summed E-state index contributed by atoms with van der Waals surface area (Å²) in [6.45, 7) is 4.44. The van der Waals surface area contributed by atoms with Gasteiger partial charge >= 0.3 is 0 Å². The maximum atomic E-state index is 5.42. The fourth-order valence-electron chi connectivity index (χ4n) is 2.49. The van der Waals surface area contributed by atoms with Crippen LogP contribution in [0.1, 0.15) is 24.0 Å². The molecular formula is C14H19NO2. The fraction of sp³-hybridized carbons (Fsp3) is 0.571. The molecular weight excluding hydrogens is 214 g/mol. The van der Waals surface area contributed by atoms with Crippen molar-refractivity contribution in [1.82, 2.24) is 0 Å². The number of anilines is 1. The van der Waals surface area contributed by atoms with Gasteiger partial charge in [-0.05, 0) is 42.0 Å². The Labute approximate surface area is 102 Å². The first-order chi connectivity index (χ1) is 8.42. The molecule has 2 heterocycles. The Morgan fingerprint density at radius 3 is 2.76 bits per heavy atom. The van der Waals surface area contributed by atoms with Crippen molar-refractivity contribution < 1.29 is 9.47 Å². The Balaban J connectivity index is 1.57. The smallest absolute Gasteiger partial charge is 0.0725 e. The van der Waals surface area contributed by atoms with Gasteiger partial charge in [-0.3, -0.25) is 0 Å². The molecule has 1 saturated heterocycles. The molecule has 0 unspecified atom stereocenters. The van der Waals surface area contributed by atoms with E-state index in [2.05, 4.69) is 23.5 Å². The summed E-state index contributed by atoms with van der Waals surface area (Å²) < 4.78 is 10.8. The average Bonchev–Trinajstić information content (AvgIpc) is 2.85. The lowest BCUT2D eigenvalue weighted by Crippen LogP contribution is -2.22. The quantitative estimate of drug-likeness (QED) is 0.870. The van der Waals surface area contributed by atoms with E-state index in [-0.39, 0.29) is 0 Å². The highest BCUT2D eigenvalue weighted by Crippen LogP contribution is 2.24. The molecule has 3 heteroatoms. The van der Waals surface area contributed by atoms with Crippen molar-refractivity contribution in [3.05, 3.63) is 29.3 Å². The molecule has 17 heavy (non-hydrogen) atoms. The molecule has 1 fully saturated rings. The van der Waals surface area contributed by atoms with E-state index in [4.69, 9.17) is 9.47 Å². The standard InChI is InChI=1S/C14H19NO2/c1-2-14(7-13-10-17-9-12(1)13)15-8-11-3-5-16-6-4-11/h1-2,7,11,15H,3-6,8-10H2. The number of fused-ring (bicyclic) bond motifs is 1. The van der Waals surface area contributed by atoms with Gasteiger partial charge in [-0.2, -0.15) is 0 Å². The lowest BCUT2D eigenvalue weighted by Gasteiger charge is -2.22. The highest BCUT2D eigenvalue weighted by Gasteiger charge is 2.14. The van der Waals surface area contributed by atoms with Crippen LogP contribution >= 0.6 is 0 Å². The van der Waals surface area contributed by atoms with Crippen molar-refractivity contribution in [3.63, 3.8) is 0 Å². The predicted molar refractivity (Wildman–Crippen MR) is 67.0 cm³/mol. The molecule has 3 rings (SSSR count). The molecule has 0 saturated carbocycles. The Morgan fingerprint density at radius 2 is 1.88 bits per heavy atom. The lowest BCUT2D eigenvalue weighted by atomic mass is 10.0. The number of nitrogens with one attached hydrogen (secondary N) is 1. The van der Waals surface area contributed by atoms with Crippen LogP contribution in [0, 0.1) is 5.92 Å². The van der Waals surface area contributed by atoms with Crippen molar-refractivity contribution in [2.75, 3.05) is 25.1 Å². The van der Waals surface area contributed by atoms with E-state index in [0.29, 0.717) is 0 Å². The zero-order valence-electron chi connectivity index (χ0n) is 10.1. The first-order valence-corrected chi connectivity index (χ1v) is 6.43. The van der Waals surface area contributed by atoms with Gasteiger partial charge < -0.3 is 14.8 Å². The van der Waals surface area contributed by atoms with E-state index in [0.717, 1.165) is 38.9 Å². The number of hydrogen-bond donors (Lipinski definition) is 1. The zero-order chi connectivity index (χ0) is 11.5. The number of benzene rings is 1. The Hall–Kier alpha value is -1.06. The van der Waals surface area contributed by atoms with Crippen LogP contribution in [0.2, 0.25) is 0 Å². The second kappa shape index (κ2) is 5.07. The summed E-state index contributed by atoms with van der Waals surface area (Å²) in [5.41, 5.74) is 3.89. The third-order valence-electron chi connectivity index (χ3n) is 3.66. The molecule has 3 nitrogen and oxygen atoms in total. The monoisotopic (exact) mass is 233 g/mol. The Kier molecular flexibility index (Phi) is 3.29. The van der Waals surface area contributed by atoms with Crippen LogP contribution in [-0.4, -0.2) is 19.8 Å². The van der Waals surface area contributed by atoms with Gasteiger partial charge in [-0.25, -0.2) is 0 Å². The van der Waals surface area contributed by atoms with Gasteiger partial charge in [-0.15, -0.1) is 0 Å². The average molecular weight is 233 g/mol. The summed E-state index contributed by atoms with van der Waals surface area (Å²) in [6.07, 6.45) is 2.36. The minimum atomic E-state index is 0.758. The van der Waals surface area contributed by atoms with E-state index in [1.54, 1.807) is 0 Å². The Morgan fingerprint density at radius 1 is 1.06 bits per heavy atom. The molecule has 0 bridgehead atoms. The molecule has 0 amide bonds. The molecule has 0 aromatic heterocycles.